The molecule has 1 rings (SSSR count). The van der Waals surface area contributed by atoms with Crippen LogP contribution in [0.2, 0.25) is 0 Å². The van der Waals surface area contributed by atoms with Crippen molar-refractivity contribution in [2.24, 2.45) is 10.9 Å². The second kappa shape index (κ2) is 15.2. The Kier molecular flexibility index (Phi) is 15.1. The van der Waals surface area contributed by atoms with Crippen molar-refractivity contribution in [2.45, 2.75) is 58.9 Å². The molecule has 1 fully saturated rings. The summed E-state index contributed by atoms with van der Waals surface area (Å²) < 4.78 is 5.37. The van der Waals surface area contributed by atoms with E-state index in [1.54, 1.807) is 0 Å². The van der Waals surface area contributed by atoms with Gasteiger partial charge in [0.05, 0.1) is 13.2 Å². The molecule has 144 valence electrons. The van der Waals surface area contributed by atoms with E-state index >= 15 is 0 Å². The first-order valence-electron chi connectivity index (χ1n) is 9.39. The summed E-state index contributed by atoms with van der Waals surface area (Å²) in [6.45, 7) is 12.9. The fourth-order valence-electron chi connectivity index (χ4n) is 2.82. The average Bonchev–Trinajstić information content (AvgIpc) is 2.54. The van der Waals surface area contributed by atoms with Crippen molar-refractivity contribution >= 4 is 29.9 Å². The fourth-order valence-corrected chi connectivity index (χ4v) is 2.82. The molecule has 5 nitrogen and oxygen atoms in total. The maximum atomic E-state index is 5.37. The molecule has 0 saturated carbocycles. The van der Waals surface area contributed by atoms with Crippen LogP contribution < -0.4 is 10.6 Å². The molecule has 0 aromatic rings. The van der Waals surface area contributed by atoms with Gasteiger partial charge in [-0.3, -0.25) is 9.89 Å². The summed E-state index contributed by atoms with van der Waals surface area (Å²) >= 11 is 0. The third kappa shape index (κ3) is 12.3. The lowest BCUT2D eigenvalue weighted by Gasteiger charge is -2.26. The van der Waals surface area contributed by atoms with Gasteiger partial charge in [0, 0.05) is 32.7 Å². The second-order valence-corrected chi connectivity index (χ2v) is 7.03. The Bertz CT molecular complexity index is 320. The predicted molar refractivity (Wildman–Crippen MR) is 115 cm³/mol. The van der Waals surface area contributed by atoms with E-state index in [4.69, 9.17) is 4.74 Å². The smallest absolute Gasteiger partial charge is 0.191 e. The van der Waals surface area contributed by atoms with E-state index in [9.17, 15) is 0 Å². The second-order valence-electron chi connectivity index (χ2n) is 7.03. The highest BCUT2D eigenvalue weighted by molar-refractivity contribution is 14.0. The average molecular weight is 454 g/mol. The molecule has 24 heavy (non-hydrogen) atoms. The Balaban J connectivity index is 0.00000529. The highest BCUT2D eigenvalue weighted by atomic mass is 127. The molecule has 1 heterocycles. The monoisotopic (exact) mass is 454 g/mol. The van der Waals surface area contributed by atoms with Crippen LogP contribution in [0.3, 0.4) is 0 Å². The molecular weight excluding hydrogens is 415 g/mol. The molecule has 1 unspecified atom stereocenters. The number of rotatable bonds is 10. The van der Waals surface area contributed by atoms with Crippen LogP contribution in [0.25, 0.3) is 0 Å². The van der Waals surface area contributed by atoms with Crippen molar-refractivity contribution in [3.63, 3.8) is 0 Å². The van der Waals surface area contributed by atoms with Gasteiger partial charge in [-0.25, -0.2) is 0 Å². The van der Waals surface area contributed by atoms with Crippen LogP contribution in [0.1, 0.15) is 52.9 Å². The van der Waals surface area contributed by atoms with Gasteiger partial charge < -0.3 is 15.4 Å². The lowest BCUT2D eigenvalue weighted by molar-refractivity contribution is 0.0372. The number of unbranched alkanes of at least 4 members (excludes halogenated alkanes) is 1. The van der Waals surface area contributed by atoms with Gasteiger partial charge in [0.2, 0.25) is 0 Å². The minimum Gasteiger partial charge on any atom is -0.379 e. The SMILES string of the molecule is CN=C(NCCCCN1CCOCC1)NC(C)CCCC(C)C.I. The number of hydrogen-bond donors (Lipinski definition) is 2. The van der Waals surface area contributed by atoms with Gasteiger partial charge in [-0.1, -0.05) is 26.7 Å². The number of hydrogen-bond acceptors (Lipinski definition) is 3. The Morgan fingerprint density at radius 1 is 1.08 bits per heavy atom. The van der Waals surface area contributed by atoms with E-state index in [1.165, 1.54) is 38.6 Å². The number of nitrogens with one attached hydrogen (secondary N) is 2. The van der Waals surface area contributed by atoms with Crippen molar-refractivity contribution in [3.8, 4) is 0 Å². The van der Waals surface area contributed by atoms with Gasteiger partial charge in [0.25, 0.3) is 0 Å². The Morgan fingerprint density at radius 3 is 2.42 bits per heavy atom. The number of aliphatic imine (C=N–C) groups is 1. The molecule has 0 aliphatic carbocycles. The Hall–Kier alpha value is -0.0800. The Morgan fingerprint density at radius 2 is 1.79 bits per heavy atom. The van der Waals surface area contributed by atoms with Gasteiger partial charge >= 0.3 is 0 Å². The first kappa shape index (κ1) is 23.9. The molecule has 0 spiro atoms. The molecule has 0 aromatic carbocycles. The highest BCUT2D eigenvalue weighted by Gasteiger charge is 2.09. The summed E-state index contributed by atoms with van der Waals surface area (Å²) in [5, 5.41) is 6.93. The molecule has 6 heteroatoms. The number of guanidine groups is 1. The van der Waals surface area contributed by atoms with Gasteiger partial charge in [-0.2, -0.15) is 0 Å². The van der Waals surface area contributed by atoms with Crippen LogP contribution >= 0.6 is 24.0 Å². The van der Waals surface area contributed by atoms with E-state index in [1.807, 2.05) is 7.05 Å². The quantitative estimate of drug-likeness (QED) is 0.231. The lowest BCUT2D eigenvalue weighted by Crippen LogP contribution is -2.42. The minimum absolute atomic E-state index is 0. The third-order valence-corrected chi connectivity index (χ3v) is 4.32. The van der Waals surface area contributed by atoms with E-state index in [-0.39, 0.29) is 24.0 Å². The van der Waals surface area contributed by atoms with Crippen molar-refractivity contribution < 1.29 is 4.74 Å². The molecule has 1 saturated heterocycles. The molecule has 0 bridgehead atoms. The van der Waals surface area contributed by atoms with Crippen LogP contribution in [0.5, 0.6) is 0 Å². The third-order valence-electron chi connectivity index (χ3n) is 4.32. The van der Waals surface area contributed by atoms with E-state index in [2.05, 4.69) is 41.3 Å². The minimum atomic E-state index is 0. The molecule has 0 amide bonds. The van der Waals surface area contributed by atoms with Crippen LogP contribution in [-0.4, -0.2) is 63.3 Å². The van der Waals surface area contributed by atoms with Crippen molar-refractivity contribution in [1.29, 1.82) is 0 Å². The van der Waals surface area contributed by atoms with E-state index < -0.39 is 0 Å². The van der Waals surface area contributed by atoms with Gasteiger partial charge in [0.1, 0.15) is 0 Å². The first-order valence-corrected chi connectivity index (χ1v) is 9.39. The maximum Gasteiger partial charge on any atom is 0.191 e. The number of morpholine rings is 1. The summed E-state index contributed by atoms with van der Waals surface area (Å²) in [4.78, 5) is 6.82. The zero-order chi connectivity index (χ0) is 16.9. The van der Waals surface area contributed by atoms with Crippen molar-refractivity contribution in [3.05, 3.63) is 0 Å². The molecule has 1 aliphatic heterocycles. The number of nitrogens with zero attached hydrogens (tertiary/aromatic N) is 2. The molecule has 2 N–H and O–H groups in total. The predicted octanol–water partition coefficient (Wildman–Crippen LogP) is 3.10. The first-order chi connectivity index (χ1) is 11.1. The fraction of sp³-hybridized carbons (Fsp3) is 0.944. The lowest BCUT2D eigenvalue weighted by atomic mass is 10.0. The van der Waals surface area contributed by atoms with Gasteiger partial charge in [-0.05, 0) is 38.6 Å². The summed E-state index contributed by atoms with van der Waals surface area (Å²) in [7, 11) is 1.85. The molecular formula is C18H39IN4O. The van der Waals surface area contributed by atoms with E-state index in [0.29, 0.717) is 6.04 Å². The van der Waals surface area contributed by atoms with Crippen LogP contribution in [0, 0.1) is 5.92 Å². The van der Waals surface area contributed by atoms with Crippen LogP contribution in [-0.2, 0) is 4.74 Å². The summed E-state index contributed by atoms with van der Waals surface area (Å²) in [5.41, 5.74) is 0. The van der Waals surface area contributed by atoms with E-state index in [0.717, 1.165) is 44.7 Å². The standard InChI is InChI=1S/C18H38N4O.HI/c1-16(2)8-7-9-17(3)21-18(19-4)20-10-5-6-11-22-12-14-23-15-13-22;/h16-17H,5-15H2,1-4H3,(H2,19,20,21);1H. The number of halogens is 1. The highest BCUT2D eigenvalue weighted by Crippen LogP contribution is 2.08. The van der Waals surface area contributed by atoms with Gasteiger partial charge in [-0.15, -0.1) is 24.0 Å². The summed E-state index contributed by atoms with van der Waals surface area (Å²) in [6, 6.07) is 0.480. The van der Waals surface area contributed by atoms with Crippen LogP contribution in [0.4, 0.5) is 0 Å². The van der Waals surface area contributed by atoms with Gasteiger partial charge in [0.15, 0.2) is 5.96 Å². The Labute approximate surface area is 166 Å². The van der Waals surface area contributed by atoms with Crippen molar-refractivity contribution in [1.82, 2.24) is 15.5 Å². The molecule has 1 atom stereocenters. The summed E-state index contributed by atoms with van der Waals surface area (Å²) in [6.07, 6.45) is 6.20. The van der Waals surface area contributed by atoms with Crippen LogP contribution in [0.15, 0.2) is 4.99 Å². The normalized spacial score (nSPS) is 17.5. The van der Waals surface area contributed by atoms with Crippen molar-refractivity contribution in [2.75, 3.05) is 46.4 Å². The topological polar surface area (TPSA) is 48.9 Å². The largest absolute Gasteiger partial charge is 0.379 e. The zero-order valence-electron chi connectivity index (χ0n) is 16.1. The molecule has 0 aromatic heterocycles. The molecule has 1 aliphatic rings. The zero-order valence-corrected chi connectivity index (χ0v) is 18.5. The number of ether oxygens (including phenoxy) is 1. The molecule has 0 radical (unpaired) electrons. The maximum absolute atomic E-state index is 5.37. The summed E-state index contributed by atoms with van der Waals surface area (Å²) in [5.74, 6) is 1.74.